The first-order valence-electron chi connectivity index (χ1n) is 7.68. The number of hydrogen-bond acceptors (Lipinski definition) is 2. The van der Waals surface area contributed by atoms with Crippen molar-refractivity contribution in [3.05, 3.63) is 35.6 Å². The minimum Gasteiger partial charge on any atom is -0.383 e. The summed E-state index contributed by atoms with van der Waals surface area (Å²) in [5, 5.41) is 3.51. The van der Waals surface area contributed by atoms with Gasteiger partial charge in [0.1, 0.15) is 5.82 Å². The molecule has 0 atom stereocenters. The minimum atomic E-state index is -0.124. The molecule has 112 valence electrons. The summed E-state index contributed by atoms with van der Waals surface area (Å²) >= 11 is 0. The fourth-order valence-corrected chi connectivity index (χ4v) is 3.33. The molecule has 0 aliphatic heterocycles. The second kappa shape index (κ2) is 7.75. The number of halogens is 1. The lowest BCUT2D eigenvalue weighted by molar-refractivity contribution is 0.162. The zero-order chi connectivity index (χ0) is 14.3. The first kappa shape index (κ1) is 15.5. The molecule has 1 saturated carbocycles. The van der Waals surface area contributed by atoms with Crippen molar-refractivity contribution in [1.29, 1.82) is 0 Å². The van der Waals surface area contributed by atoms with Crippen molar-refractivity contribution in [2.45, 2.75) is 38.5 Å². The van der Waals surface area contributed by atoms with E-state index in [2.05, 4.69) is 11.4 Å². The van der Waals surface area contributed by atoms with Crippen LogP contribution in [-0.2, 0) is 11.2 Å². The Balaban J connectivity index is 1.98. The van der Waals surface area contributed by atoms with E-state index in [1.807, 2.05) is 6.07 Å². The quantitative estimate of drug-likeness (QED) is 0.771. The Morgan fingerprint density at radius 1 is 1.25 bits per heavy atom. The highest BCUT2D eigenvalue weighted by Gasteiger charge is 2.31. The van der Waals surface area contributed by atoms with Crippen LogP contribution in [0.5, 0.6) is 0 Å². The summed E-state index contributed by atoms with van der Waals surface area (Å²) in [7, 11) is 1.73. The first-order chi connectivity index (χ1) is 9.74. The van der Waals surface area contributed by atoms with Gasteiger partial charge in [0.2, 0.25) is 0 Å². The van der Waals surface area contributed by atoms with Crippen LogP contribution in [0, 0.1) is 11.2 Å². The first-order valence-corrected chi connectivity index (χ1v) is 7.68. The van der Waals surface area contributed by atoms with Gasteiger partial charge in [-0.05, 0) is 42.4 Å². The third-order valence-corrected chi connectivity index (χ3v) is 4.37. The summed E-state index contributed by atoms with van der Waals surface area (Å²) in [5.41, 5.74) is 1.42. The molecule has 1 fully saturated rings. The average Bonchev–Trinajstić information content (AvgIpc) is 2.45. The average molecular weight is 279 g/mol. The Hall–Kier alpha value is -0.930. The lowest BCUT2D eigenvalue weighted by atomic mass is 9.70. The van der Waals surface area contributed by atoms with E-state index in [4.69, 9.17) is 4.74 Å². The molecule has 2 nitrogen and oxygen atoms in total. The fourth-order valence-electron chi connectivity index (χ4n) is 3.33. The molecule has 20 heavy (non-hydrogen) atoms. The molecule has 1 aromatic rings. The highest BCUT2D eigenvalue weighted by molar-refractivity contribution is 5.18. The maximum atomic E-state index is 13.4. The maximum Gasteiger partial charge on any atom is 0.123 e. The fraction of sp³-hybridized carbons (Fsp3) is 0.647. The Morgan fingerprint density at radius 3 is 2.75 bits per heavy atom. The van der Waals surface area contributed by atoms with Gasteiger partial charge in [-0.25, -0.2) is 4.39 Å². The molecule has 2 rings (SSSR count). The molecule has 0 amide bonds. The van der Waals surface area contributed by atoms with Gasteiger partial charge in [-0.1, -0.05) is 31.4 Å². The molecule has 1 aliphatic carbocycles. The number of hydrogen-bond donors (Lipinski definition) is 1. The topological polar surface area (TPSA) is 21.3 Å². The van der Waals surface area contributed by atoms with Gasteiger partial charge in [-0.3, -0.25) is 0 Å². The standard InChI is InChI=1S/C17H26FNO/c1-20-11-10-19-14-17(8-3-2-4-9-17)13-15-6-5-7-16(18)12-15/h5-7,12,19H,2-4,8-11,13-14H2,1H3. The van der Waals surface area contributed by atoms with Gasteiger partial charge in [-0.15, -0.1) is 0 Å². The Labute approximate surface area is 121 Å². The van der Waals surface area contributed by atoms with E-state index >= 15 is 0 Å². The van der Waals surface area contributed by atoms with E-state index in [-0.39, 0.29) is 5.82 Å². The minimum absolute atomic E-state index is 0.124. The molecule has 0 bridgehead atoms. The van der Waals surface area contributed by atoms with Gasteiger partial charge in [-0.2, -0.15) is 0 Å². The van der Waals surface area contributed by atoms with Crippen LogP contribution < -0.4 is 5.32 Å². The van der Waals surface area contributed by atoms with E-state index in [0.717, 1.165) is 31.7 Å². The van der Waals surface area contributed by atoms with Crippen LogP contribution in [0.25, 0.3) is 0 Å². The van der Waals surface area contributed by atoms with E-state index < -0.39 is 0 Å². The smallest absolute Gasteiger partial charge is 0.123 e. The van der Waals surface area contributed by atoms with Crippen LogP contribution in [0.4, 0.5) is 4.39 Å². The monoisotopic (exact) mass is 279 g/mol. The highest BCUT2D eigenvalue weighted by Crippen LogP contribution is 2.38. The molecule has 1 N–H and O–H groups in total. The normalized spacial score (nSPS) is 18.1. The third-order valence-electron chi connectivity index (χ3n) is 4.37. The van der Waals surface area contributed by atoms with Gasteiger partial charge in [0.15, 0.2) is 0 Å². The van der Waals surface area contributed by atoms with Crippen molar-refractivity contribution >= 4 is 0 Å². The Kier molecular flexibility index (Phi) is 5.99. The molecular formula is C17H26FNO. The number of benzene rings is 1. The molecule has 1 aromatic carbocycles. The zero-order valence-corrected chi connectivity index (χ0v) is 12.5. The number of ether oxygens (including phenoxy) is 1. The largest absolute Gasteiger partial charge is 0.383 e. The van der Waals surface area contributed by atoms with E-state index in [1.165, 1.54) is 38.2 Å². The van der Waals surface area contributed by atoms with Crippen LogP contribution in [0.2, 0.25) is 0 Å². The van der Waals surface area contributed by atoms with Crippen LogP contribution in [0.1, 0.15) is 37.7 Å². The van der Waals surface area contributed by atoms with Gasteiger partial charge in [0, 0.05) is 20.2 Å². The summed E-state index contributed by atoms with van der Waals surface area (Å²) in [6.07, 6.45) is 7.38. The molecular weight excluding hydrogens is 253 g/mol. The molecule has 0 saturated heterocycles. The Morgan fingerprint density at radius 2 is 2.05 bits per heavy atom. The molecule has 0 aromatic heterocycles. The number of rotatable bonds is 7. The summed E-state index contributed by atoms with van der Waals surface area (Å²) in [6.45, 7) is 2.64. The zero-order valence-electron chi connectivity index (χ0n) is 12.5. The Bertz CT molecular complexity index is 402. The predicted octanol–water partition coefficient (Wildman–Crippen LogP) is 3.55. The van der Waals surface area contributed by atoms with Crippen LogP contribution >= 0.6 is 0 Å². The summed E-state index contributed by atoms with van der Waals surface area (Å²) in [5.74, 6) is -0.124. The van der Waals surface area contributed by atoms with Crippen molar-refractivity contribution in [1.82, 2.24) is 5.32 Å². The molecule has 0 radical (unpaired) electrons. The SMILES string of the molecule is COCCNCC1(Cc2cccc(F)c2)CCCCC1. The van der Waals surface area contributed by atoms with Crippen molar-refractivity contribution in [3.8, 4) is 0 Å². The lowest BCUT2D eigenvalue weighted by Crippen LogP contribution is -2.39. The van der Waals surface area contributed by atoms with Crippen LogP contribution in [-0.4, -0.2) is 26.8 Å². The lowest BCUT2D eigenvalue weighted by Gasteiger charge is -2.38. The van der Waals surface area contributed by atoms with Crippen molar-refractivity contribution in [2.24, 2.45) is 5.41 Å². The summed E-state index contributed by atoms with van der Waals surface area (Å²) in [6, 6.07) is 7.08. The van der Waals surface area contributed by atoms with E-state index in [1.54, 1.807) is 13.2 Å². The molecule has 0 heterocycles. The van der Waals surface area contributed by atoms with Gasteiger partial charge < -0.3 is 10.1 Å². The van der Waals surface area contributed by atoms with Crippen molar-refractivity contribution in [2.75, 3.05) is 26.8 Å². The molecule has 0 spiro atoms. The van der Waals surface area contributed by atoms with Gasteiger partial charge in [0.05, 0.1) is 6.61 Å². The summed E-state index contributed by atoms with van der Waals surface area (Å²) < 4.78 is 18.5. The van der Waals surface area contributed by atoms with Gasteiger partial charge >= 0.3 is 0 Å². The van der Waals surface area contributed by atoms with Crippen LogP contribution in [0.3, 0.4) is 0 Å². The van der Waals surface area contributed by atoms with Crippen LogP contribution in [0.15, 0.2) is 24.3 Å². The van der Waals surface area contributed by atoms with E-state index in [0.29, 0.717) is 5.41 Å². The maximum absolute atomic E-state index is 13.4. The molecule has 3 heteroatoms. The van der Waals surface area contributed by atoms with Crippen molar-refractivity contribution in [3.63, 3.8) is 0 Å². The highest BCUT2D eigenvalue weighted by atomic mass is 19.1. The molecule has 0 unspecified atom stereocenters. The molecule has 1 aliphatic rings. The second-order valence-electron chi connectivity index (χ2n) is 6.04. The van der Waals surface area contributed by atoms with E-state index in [9.17, 15) is 4.39 Å². The number of nitrogens with one attached hydrogen (secondary N) is 1. The predicted molar refractivity (Wildman–Crippen MR) is 80.4 cm³/mol. The number of methoxy groups -OCH3 is 1. The third kappa shape index (κ3) is 4.57. The van der Waals surface area contributed by atoms with Gasteiger partial charge in [0.25, 0.3) is 0 Å². The second-order valence-corrected chi connectivity index (χ2v) is 6.04. The van der Waals surface area contributed by atoms with Crippen molar-refractivity contribution < 1.29 is 9.13 Å². The summed E-state index contributed by atoms with van der Waals surface area (Å²) in [4.78, 5) is 0.